The van der Waals surface area contributed by atoms with Gasteiger partial charge in [-0.3, -0.25) is 4.79 Å². The summed E-state index contributed by atoms with van der Waals surface area (Å²) >= 11 is 0. The maximum atomic E-state index is 12.3. The molecule has 128 valence electrons. The molecule has 0 radical (unpaired) electrons. The summed E-state index contributed by atoms with van der Waals surface area (Å²) in [5.74, 6) is 1.44. The maximum absolute atomic E-state index is 12.3. The highest BCUT2D eigenvalue weighted by molar-refractivity contribution is 5.94. The van der Waals surface area contributed by atoms with E-state index in [9.17, 15) is 4.79 Å². The van der Waals surface area contributed by atoms with Crippen molar-refractivity contribution in [3.8, 4) is 11.5 Å². The van der Waals surface area contributed by atoms with Crippen molar-refractivity contribution in [2.45, 2.75) is 39.8 Å². The van der Waals surface area contributed by atoms with Gasteiger partial charge >= 0.3 is 0 Å². The summed E-state index contributed by atoms with van der Waals surface area (Å²) in [6, 6.07) is 15.0. The molecule has 0 atom stereocenters. The van der Waals surface area contributed by atoms with E-state index in [1.807, 2.05) is 57.2 Å². The lowest BCUT2D eigenvalue weighted by Gasteiger charge is -2.11. The molecule has 2 aromatic carbocycles. The second kappa shape index (κ2) is 8.96. The first-order chi connectivity index (χ1) is 11.6. The first-order valence-corrected chi connectivity index (χ1v) is 8.35. The Hall–Kier alpha value is -2.49. The summed E-state index contributed by atoms with van der Waals surface area (Å²) in [4.78, 5) is 12.3. The van der Waals surface area contributed by atoms with E-state index >= 15 is 0 Å². The second-order valence-corrected chi connectivity index (χ2v) is 5.87. The molecule has 1 N–H and O–H groups in total. The summed E-state index contributed by atoms with van der Waals surface area (Å²) < 4.78 is 11.2. The van der Waals surface area contributed by atoms with Gasteiger partial charge in [0, 0.05) is 12.1 Å². The molecule has 2 aromatic rings. The Kier molecular flexibility index (Phi) is 6.67. The lowest BCUT2D eigenvalue weighted by atomic mass is 10.2. The van der Waals surface area contributed by atoms with Crippen LogP contribution in [0.15, 0.2) is 48.5 Å². The first kappa shape index (κ1) is 17.9. The minimum Gasteiger partial charge on any atom is -0.494 e. The molecule has 0 aliphatic heterocycles. The van der Waals surface area contributed by atoms with E-state index in [-0.39, 0.29) is 12.0 Å². The molecular formula is C20H25NO3. The van der Waals surface area contributed by atoms with Gasteiger partial charge in [0.05, 0.1) is 12.7 Å². The highest BCUT2D eigenvalue weighted by atomic mass is 16.5. The van der Waals surface area contributed by atoms with Crippen LogP contribution < -0.4 is 14.8 Å². The smallest absolute Gasteiger partial charge is 0.251 e. The van der Waals surface area contributed by atoms with Crippen molar-refractivity contribution >= 4 is 5.91 Å². The molecule has 4 nitrogen and oxygen atoms in total. The normalized spacial score (nSPS) is 10.5. The van der Waals surface area contributed by atoms with Gasteiger partial charge in [-0.2, -0.15) is 0 Å². The number of carbonyl (C=O) groups excluding carboxylic acids is 1. The Balaban J connectivity index is 1.90. The third kappa shape index (κ3) is 5.61. The Morgan fingerprint density at radius 1 is 1.08 bits per heavy atom. The van der Waals surface area contributed by atoms with Gasteiger partial charge in [-0.05, 0) is 56.2 Å². The monoisotopic (exact) mass is 327 g/mol. The van der Waals surface area contributed by atoms with E-state index in [1.165, 1.54) is 0 Å². The van der Waals surface area contributed by atoms with Gasteiger partial charge in [-0.1, -0.05) is 25.1 Å². The largest absolute Gasteiger partial charge is 0.494 e. The quantitative estimate of drug-likeness (QED) is 0.791. The van der Waals surface area contributed by atoms with Crippen molar-refractivity contribution in [1.29, 1.82) is 0 Å². The highest BCUT2D eigenvalue weighted by Crippen LogP contribution is 2.15. The highest BCUT2D eigenvalue weighted by Gasteiger charge is 2.07. The van der Waals surface area contributed by atoms with Crippen LogP contribution in [0.4, 0.5) is 0 Å². The molecule has 2 rings (SSSR count). The van der Waals surface area contributed by atoms with Crippen LogP contribution in [0.3, 0.4) is 0 Å². The number of benzene rings is 2. The molecule has 0 heterocycles. The Morgan fingerprint density at radius 3 is 2.50 bits per heavy atom. The lowest BCUT2D eigenvalue weighted by molar-refractivity contribution is 0.0950. The van der Waals surface area contributed by atoms with Gasteiger partial charge < -0.3 is 14.8 Å². The van der Waals surface area contributed by atoms with Crippen LogP contribution in [-0.2, 0) is 6.54 Å². The average Bonchev–Trinajstić information content (AvgIpc) is 2.59. The fourth-order valence-corrected chi connectivity index (χ4v) is 2.19. The van der Waals surface area contributed by atoms with Crippen molar-refractivity contribution in [3.05, 3.63) is 59.7 Å². The second-order valence-electron chi connectivity index (χ2n) is 5.87. The zero-order valence-electron chi connectivity index (χ0n) is 14.5. The van der Waals surface area contributed by atoms with E-state index in [2.05, 4.69) is 5.32 Å². The van der Waals surface area contributed by atoms with Crippen LogP contribution in [0.5, 0.6) is 11.5 Å². The van der Waals surface area contributed by atoms with Crippen LogP contribution in [0.25, 0.3) is 0 Å². The minimum absolute atomic E-state index is 0.112. The van der Waals surface area contributed by atoms with Gasteiger partial charge in [-0.25, -0.2) is 0 Å². The molecule has 0 unspecified atom stereocenters. The van der Waals surface area contributed by atoms with Crippen LogP contribution in [-0.4, -0.2) is 18.6 Å². The molecule has 24 heavy (non-hydrogen) atoms. The Bertz CT molecular complexity index is 650. The molecule has 0 fully saturated rings. The fraction of sp³-hybridized carbons (Fsp3) is 0.350. The van der Waals surface area contributed by atoms with Gasteiger partial charge in [-0.15, -0.1) is 0 Å². The predicted molar refractivity (Wildman–Crippen MR) is 95.6 cm³/mol. The molecule has 0 aromatic heterocycles. The number of ether oxygens (including phenoxy) is 2. The van der Waals surface area contributed by atoms with Crippen LogP contribution in [0.2, 0.25) is 0 Å². The lowest BCUT2D eigenvalue weighted by Crippen LogP contribution is -2.22. The molecule has 0 saturated carbocycles. The van der Waals surface area contributed by atoms with E-state index in [0.29, 0.717) is 18.7 Å². The van der Waals surface area contributed by atoms with Crippen LogP contribution in [0.1, 0.15) is 43.1 Å². The van der Waals surface area contributed by atoms with Crippen molar-refractivity contribution < 1.29 is 14.3 Å². The van der Waals surface area contributed by atoms with Crippen molar-refractivity contribution in [2.75, 3.05) is 6.61 Å². The van der Waals surface area contributed by atoms with Gasteiger partial charge in [0.15, 0.2) is 0 Å². The molecule has 0 saturated heterocycles. The van der Waals surface area contributed by atoms with Crippen LogP contribution in [0, 0.1) is 0 Å². The van der Waals surface area contributed by atoms with E-state index in [1.54, 1.807) is 12.1 Å². The summed E-state index contributed by atoms with van der Waals surface area (Å²) in [6.45, 7) is 7.16. The topological polar surface area (TPSA) is 47.6 Å². The SMILES string of the molecule is CCCOc1cccc(C(=O)NCc2ccc(OC(C)C)cc2)c1. The van der Waals surface area contributed by atoms with Crippen molar-refractivity contribution in [2.24, 2.45) is 0 Å². The molecule has 0 bridgehead atoms. The summed E-state index contributed by atoms with van der Waals surface area (Å²) in [5.41, 5.74) is 1.63. The number of carbonyl (C=O) groups is 1. The molecular weight excluding hydrogens is 302 g/mol. The summed E-state index contributed by atoms with van der Waals surface area (Å²) in [7, 11) is 0. The van der Waals surface area contributed by atoms with Gasteiger partial charge in [0.1, 0.15) is 11.5 Å². The van der Waals surface area contributed by atoms with Gasteiger partial charge in [0.2, 0.25) is 0 Å². The Labute approximate surface area is 143 Å². The maximum Gasteiger partial charge on any atom is 0.251 e. The number of hydrogen-bond acceptors (Lipinski definition) is 3. The number of rotatable bonds is 8. The van der Waals surface area contributed by atoms with E-state index in [0.717, 1.165) is 23.5 Å². The number of hydrogen-bond donors (Lipinski definition) is 1. The van der Waals surface area contributed by atoms with E-state index < -0.39 is 0 Å². The Morgan fingerprint density at radius 2 is 1.83 bits per heavy atom. The fourth-order valence-electron chi connectivity index (χ4n) is 2.19. The number of amides is 1. The van der Waals surface area contributed by atoms with Crippen molar-refractivity contribution in [1.82, 2.24) is 5.32 Å². The molecule has 0 aliphatic rings. The average molecular weight is 327 g/mol. The van der Waals surface area contributed by atoms with Crippen LogP contribution >= 0.6 is 0 Å². The van der Waals surface area contributed by atoms with E-state index in [4.69, 9.17) is 9.47 Å². The molecule has 1 amide bonds. The zero-order valence-corrected chi connectivity index (χ0v) is 14.5. The minimum atomic E-state index is -0.112. The van der Waals surface area contributed by atoms with Gasteiger partial charge in [0.25, 0.3) is 5.91 Å². The molecule has 0 aliphatic carbocycles. The van der Waals surface area contributed by atoms with Crippen molar-refractivity contribution in [3.63, 3.8) is 0 Å². The third-order valence-corrected chi connectivity index (χ3v) is 3.32. The standard InChI is InChI=1S/C20H25NO3/c1-4-12-23-19-7-5-6-17(13-19)20(22)21-14-16-8-10-18(11-9-16)24-15(2)3/h5-11,13,15H,4,12,14H2,1-3H3,(H,21,22). The molecule has 4 heteroatoms. The third-order valence-electron chi connectivity index (χ3n) is 3.32. The molecule has 0 spiro atoms. The predicted octanol–water partition coefficient (Wildman–Crippen LogP) is 4.19. The zero-order chi connectivity index (χ0) is 17.4. The summed E-state index contributed by atoms with van der Waals surface area (Å²) in [6.07, 6.45) is 1.09. The first-order valence-electron chi connectivity index (χ1n) is 8.35. The number of nitrogens with one attached hydrogen (secondary N) is 1. The summed E-state index contributed by atoms with van der Waals surface area (Å²) in [5, 5.41) is 2.92.